The van der Waals surface area contributed by atoms with Gasteiger partial charge in [0, 0.05) is 47.4 Å². The summed E-state index contributed by atoms with van der Waals surface area (Å²) in [5, 5.41) is 8.99. The Kier molecular flexibility index (Phi) is 5.53. The van der Waals surface area contributed by atoms with E-state index in [1.165, 1.54) is 11.3 Å². The fraction of sp³-hybridized carbons (Fsp3) is 0.519. The van der Waals surface area contributed by atoms with Crippen molar-refractivity contribution in [3.63, 3.8) is 0 Å². The van der Waals surface area contributed by atoms with Gasteiger partial charge < -0.3 is 14.8 Å². The number of likely N-dealkylation sites (tertiary alicyclic amines) is 1. The summed E-state index contributed by atoms with van der Waals surface area (Å²) in [4.78, 5) is 32.7. The molecule has 1 saturated heterocycles. The number of aromatic nitrogens is 3. The van der Waals surface area contributed by atoms with Gasteiger partial charge in [-0.2, -0.15) is 5.10 Å². The molecule has 2 aromatic heterocycles. The van der Waals surface area contributed by atoms with Crippen LogP contribution in [0.15, 0.2) is 24.3 Å². The first-order valence-corrected chi connectivity index (χ1v) is 12.4. The highest BCUT2D eigenvalue weighted by Crippen LogP contribution is 2.38. The van der Waals surface area contributed by atoms with Crippen molar-refractivity contribution in [1.29, 1.82) is 0 Å². The van der Waals surface area contributed by atoms with Gasteiger partial charge in [0.1, 0.15) is 11.7 Å². The smallest absolute Gasteiger partial charge is 0.249 e. The van der Waals surface area contributed by atoms with Gasteiger partial charge >= 0.3 is 0 Å². The number of anilines is 1. The van der Waals surface area contributed by atoms with Crippen LogP contribution >= 0.6 is 0 Å². The largest absolute Gasteiger partial charge is 0.353 e. The predicted octanol–water partition coefficient (Wildman–Crippen LogP) is 4.83. The summed E-state index contributed by atoms with van der Waals surface area (Å²) in [7, 11) is 1.79. The Balaban J connectivity index is 1.40. The molecule has 34 heavy (non-hydrogen) atoms. The molecule has 2 unspecified atom stereocenters. The van der Waals surface area contributed by atoms with E-state index < -0.39 is 6.04 Å². The Morgan fingerprint density at radius 1 is 1.26 bits per heavy atom. The summed E-state index contributed by atoms with van der Waals surface area (Å²) in [6, 6.07) is 7.75. The second-order valence-corrected chi connectivity index (χ2v) is 10.9. The number of aromatic amines is 2. The number of piperidine rings is 1. The van der Waals surface area contributed by atoms with Crippen LogP contribution in [-0.2, 0) is 22.4 Å². The van der Waals surface area contributed by atoms with Crippen molar-refractivity contribution in [3.05, 3.63) is 35.5 Å². The summed E-state index contributed by atoms with van der Waals surface area (Å²) < 4.78 is 0. The number of fused-ring (bicyclic) bond motifs is 2. The molecule has 1 fully saturated rings. The van der Waals surface area contributed by atoms with Crippen LogP contribution in [0, 0.1) is 5.41 Å². The maximum atomic E-state index is 13.3. The lowest BCUT2D eigenvalue weighted by atomic mass is 9.76. The topological polar surface area (TPSA) is 85.1 Å². The normalized spacial score (nSPS) is 20.9. The summed E-state index contributed by atoms with van der Waals surface area (Å²) >= 11 is 0. The molecule has 180 valence electrons. The van der Waals surface area contributed by atoms with Crippen molar-refractivity contribution < 1.29 is 9.59 Å². The molecule has 2 N–H and O–H groups in total. The maximum Gasteiger partial charge on any atom is 0.249 e. The molecule has 3 heterocycles. The van der Waals surface area contributed by atoms with Gasteiger partial charge in [0.2, 0.25) is 11.8 Å². The number of amides is 2. The number of hydrogen-bond acceptors (Lipinski definition) is 3. The molecule has 2 aliphatic rings. The summed E-state index contributed by atoms with van der Waals surface area (Å²) in [5.74, 6) is 0.000369. The van der Waals surface area contributed by atoms with Gasteiger partial charge in [-0.3, -0.25) is 14.7 Å². The number of rotatable bonds is 4. The fourth-order valence-corrected chi connectivity index (χ4v) is 5.71. The van der Waals surface area contributed by atoms with Crippen molar-refractivity contribution in [3.8, 4) is 11.4 Å². The number of nitrogens with one attached hydrogen (secondary N) is 2. The van der Waals surface area contributed by atoms with Gasteiger partial charge in [0.05, 0.1) is 5.69 Å². The number of carbonyl (C=O) groups is 2. The van der Waals surface area contributed by atoms with E-state index in [2.05, 4.69) is 35.1 Å². The maximum absolute atomic E-state index is 13.3. The Morgan fingerprint density at radius 3 is 2.82 bits per heavy atom. The van der Waals surface area contributed by atoms with Crippen molar-refractivity contribution in [2.45, 2.75) is 78.3 Å². The highest BCUT2D eigenvalue weighted by Gasteiger charge is 2.34. The average molecular weight is 462 g/mol. The molecule has 7 heteroatoms. The number of hydrogen-bond donors (Lipinski definition) is 2. The minimum atomic E-state index is -0.484. The minimum Gasteiger partial charge on any atom is -0.353 e. The molecule has 0 spiro atoms. The van der Waals surface area contributed by atoms with Crippen molar-refractivity contribution in [1.82, 2.24) is 20.1 Å². The van der Waals surface area contributed by atoms with E-state index in [0.717, 1.165) is 60.1 Å². The SMILES string of the molecule is CC1CCCC(=O)N1C(C)C(=O)N(C)c1ccc2cc(-c3n[nH]c4c3CCC(C)(C)C4)[nH]c2c1. The van der Waals surface area contributed by atoms with E-state index in [4.69, 9.17) is 0 Å². The van der Waals surface area contributed by atoms with E-state index >= 15 is 0 Å². The Morgan fingerprint density at radius 2 is 2.06 bits per heavy atom. The molecule has 5 rings (SSSR count). The molecule has 0 bridgehead atoms. The third-order valence-electron chi connectivity index (χ3n) is 7.79. The zero-order valence-electron chi connectivity index (χ0n) is 20.9. The number of nitrogens with zero attached hydrogens (tertiary/aromatic N) is 3. The lowest BCUT2D eigenvalue weighted by Gasteiger charge is -2.38. The first-order valence-electron chi connectivity index (χ1n) is 12.4. The predicted molar refractivity (Wildman–Crippen MR) is 135 cm³/mol. The highest BCUT2D eigenvalue weighted by molar-refractivity contribution is 6.00. The first-order chi connectivity index (χ1) is 16.1. The van der Waals surface area contributed by atoms with E-state index in [-0.39, 0.29) is 17.9 Å². The van der Waals surface area contributed by atoms with Crippen LogP contribution in [0.1, 0.15) is 64.6 Å². The number of carbonyl (C=O) groups excluding carboxylic acids is 2. The molecule has 0 saturated carbocycles. The first kappa shape index (κ1) is 22.7. The van der Waals surface area contributed by atoms with Gasteiger partial charge in [0.15, 0.2) is 0 Å². The van der Waals surface area contributed by atoms with E-state index in [1.807, 2.05) is 32.0 Å². The Hall–Kier alpha value is -3.09. The van der Waals surface area contributed by atoms with Gasteiger partial charge in [-0.1, -0.05) is 19.9 Å². The number of H-pyrrole nitrogens is 2. The molecule has 7 nitrogen and oxygen atoms in total. The number of benzene rings is 1. The van der Waals surface area contributed by atoms with Crippen molar-refractivity contribution >= 4 is 28.4 Å². The lowest BCUT2D eigenvalue weighted by Crippen LogP contribution is -2.53. The minimum absolute atomic E-state index is 0.0720. The summed E-state index contributed by atoms with van der Waals surface area (Å²) in [6.45, 7) is 8.48. The van der Waals surface area contributed by atoms with E-state index in [9.17, 15) is 9.59 Å². The highest BCUT2D eigenvalue weighted by atomic mass is 16.2. The molecule has 1 aromatic carbocycles. The van der Waals surface area contributed by atoms with Crippen molar-refractivity contribution in [2.75, 3.05) is 11.9 Å². The molecule has 0 radical (unpaired) electrons. The monoisotopic (exact) mass is 461 g/mol. The van der Waals surface area contributed by atoms with Gasteiger partial charge in [-0.15, -0.1) is 0 Å². The van der Waals surface area contributed by atoms with Crippen LogP contribution in [-0.4, -0.2) is 51.0 Å². The van der Waals surface area contributed by atoms with Gasteiger partial charge in [-0.05, 0) is 69.6 Å². The van der Waals surface area contributed by atoms with E-state index in [0.29, 0.717) is 11.8 Å². The fourth-order valence-electron chi connectivity index (χ4n) is 5.71. The van der Waals surface area contributed by atoms with Crippen LogP contribution in [0.5, 0.6) is 0 Å². The Bertz CT molecular complexity index is 1250. The second kappa shape index (κ2) is 8.29. The quantitative estimate of drug-likeness (QED) is 0.584. The average Bonchev–Trinajstić information content (AvgIpc) is 3.39. The lowest BCUT2D eigenvalue weighted by molar-refractivity contribution is -0.143. The van der Waals surface area contributed by atoms with Crippen LogP contribution < -0.4 is 4.90 Å². The van der Waals surface area contributed by atoms with Crippen LogP contribution in [0.3, 0.4) is 0 Å². The van der Waals surface area contributed by atoms with Crippen LogP contribution in [0.25, 0.3) is 22.3 Å². The third kappa shape index (κ3) is 3.91. The summed E-state index contributed by atoms with van der Waals surface area (Å²) in [6.07, 6.45) is 5.56. The zero-order chi connectivity index (χ0) is 24.2. The Labute approximate surface area is 200 Å². The van der Waals surface area contributed by atoms with Gasteiger partial charge in [-0.25, -0.2) is 0 Å². The molecule has 3 aromatic rings. The molecule has 2 amide bonds. The van der Waals surface area contributed by atoms with Crippen LogP contribution in [0.4, 0.5) is 5.69 Å². The van der Waals surface area contributed by atoms with Gasteiger partial charge in [0.25, 0.3) is 0 Å². The van der Waals surface area contributed by atoms with E-state index in [1.54, 1.807) is 16.8 Å². The standard InChI is InChI=1S/C27H35N5O2/c1-16-7-6-8-24(33)32(16)17(2)26(34)31(5)19-10-9-18-13-22(28-21(18)14-19)25-20-11-12-27(3,4)15-23(20)29-30-25/h9-10,13-14,16-17,28H,6-8,11-12,15H2,1-5H3,(H,29,30). The molecular formula is C27H35N5O2. The molecule has 2 atom stereocenters. The molecular weight excluding hydrogens is 426 g/mol. The number of likely N-dealkylation sites (N-methyl/N-ethyl adjacent to an activating group) is 1. The zero-order valence-corrected chi connectivity index (χ0v) is 20.9. The van der Waals surface area contributed by atoms with Crippen LogP contribution in [0.2, 0.25) is 0 Å². The molecule has 1 aliphatic carbocycles. The van der Waals surface area contributed by atoms with Crippen molar-refractivity contribution in [2.24, 2.45) is 5.41 Å². The summed E-state index contributed by atoms with van der Waals surface area (Å²) in [5.41, 5.74) is 6.63. The third-order valence-corrected chi connectivity index (χ3v) is 7.79. The second-order valence-electron chi connectivity index (χ2n) is 10.9. The molecule has 1 aliphatic heterocycles.